The highest BCUT2D eigenvalue weighted by Gasteiger charge is 2.14. The van der Waals surface area contributed by atoms with Crippen molar-refractivity contribution in [2.75, 3.05) is 6.54 Å². The summed E-state index contributed by atoms with van der Waals surface area (Å²) in [6.45, 7) is 11.9. The van der Waals surface area contributed by atoms with Gasteiger partial charge in [0.2, 0.25) is 0 Å². The van der Waals surface area contributed by atoms with Crippen LogP contribution in [0.2, 0.25) is 0 Å². The third-order valence-electron chi connectivity index (χ3n) is 3.39. The van der Waals surface area contributed by atoms with Gasteiger partial charge in [-0.05, 0) is 60.9 Å². The number of benzene rings is 1. The van der Waals surface area contributed by atoms with Gasteiger partial charge in [-0.15, -0.1) is 0 Å². The first-order chi connectivity index (χ1) is 8.36. The summed E-state index contributed by atoms with van der Waals surface area (Å²) in [5.41, 5.74) is 11.2. The Hall–Kier alpha value is -1.08. The van der Waals surface area contributed by atoms with Gasteiger partial charge in [0.15, 0.2) is 0 Å². The average Bonchev–Trinajstić information content (AvgIpc) is 2.28. The molecule has 0 bridgehead atoms. The monoisotopic (exact) mass is 245 g/mol. The zero-order chi connectivity index (χ0) is 13.8. The van der Waals surface area contributed by atoms with Crippen molar-refractivity contribution in [1.29, 1.82) is 0 Å². The van der Waals surface area contributed by atoms with Crippen LogP contribution >= 0.6 is 0 Å². The van der Waals surface area contributed by atoms with Crippen molar-refractivity contribution < 1.29 is 0 Å². The lowest BCUT2D eigenvalue weighted by molar-refractivity contribution is 0.590. The quantitative estimate of drug-likeness (QED) is 0.780. The van der Waals surface area contributed by atoms with Crippen LogP contribution in [0.25, 0.3) is 5.57 Å². The van der Waals surface area contributed by atoms with Crippen molar-refractivity contribution in [2.24, 2.45) is 5.73 Å². The second-order valence-corrected chi connectivity index (χ2v) is 6.10. The van der Waals surface area contributed by atoms with E-state index in [1.54, 1.807) is 0 Å². The summed E-state index contributed by atoms with van der Waals surface area (Å²) in [7, 11) is 0. The second-order valence-electron chi connectivity index (χ2n) is 6.10. The molecule has 0 atom stereocenters. The van der Waals surface area contributed by atoms with Crippen LogP contribution < -0.4 is 5.73 Å². The molecule has 1 aromatic carbocycles. The van der Waals surface area contributed by atoms with E-state index in [0.29, 0.717) is 0 Å². The molecule has 0 saturated heterocycles. The van der Waals surface area contributed by atoms with E-state index in [-0.39, 0.29) is 5.41 Å². The maximum Gasteiger partial charge on any atom is -0.00743 e. The van der Waals surface area contributed by atoms with Gasteiger partial charge in [0.05, 0.1) is 0 Å². The summed E-state index contributed by atoms with van der Waals surface area (Å²) in [5, 5.41) is 0. The molecule has 1 heteroatoms. The van der Waals surface area contributed by atoms with E-state index in [1.807, 2.05) is 0 Å². The van der Waals surface area contributed by atoms with Crippen LogP contribution in [0.15, 0.2) is 24.3 Å². The summed E-state index contributed by atoms with van der Waals surface area (Å²) in [4.78, 5) is 0. The lowest BCUT2D eigenvalue weighted by atomic mass is 9.84. The molecule has 18 heavy (non-hydrogen) atoms. The van der Waals surface area contributed by atoms with Gasteiger partial charge in [0, 0.05) is 0 Å². The first-order valence-electron chi connectivity index (χ1n) is 6.84. The molecule has 0 aliphatic heterocycles. The number of hydrogen-bond acceptors (Lipinski definition) is 1. The molecule has 0 saturated carbocycles. The Morgan fingerprint density at radius 2 is 1.94 bits per heavy atom. The van der Waals surface area contributed by atoms with E-state index in [0.717, 1.165) is 19.4 Å². The fourth-order valence-electron chi connectivity index (χ4n) is 2.06. The molecule has 100 valence electrons. The normalized spacial score (nSPS) is 12.9. The van der Waals surface area contributed by atoms with Crippen LogP contribution in [-0.2, 0) is 5.41 Å². The Balaban J connectivity index is 3.04. The van der Waals surface area contributed by atoms with Crippen LogP contribution in [0.4, 0.5) is 0 Å². The minimum Gasteiger partial charge on any atom is -0.330 e. The van der Waals surface area contributed by atoms with Gasteiger partial charge in [-0.25, -0.2) is 0 Å². The van der Waals surface area contributed by atoms with Gasteiger partial charge in [0.1, 0.15) is 0 Å². The van der Waals surface area contributed by atoms with Gasteiger partial charge >= 0.3 is 0 Å². The molecule has 0 radical (unpaired) electrons. The maximum absolute atomic E-state index is 5.54. The lowest BCUT2D eigenvalue weighted by Gasteiger charge is -2.21. The molecule has 1 nitrogen and oxygen atoms in total. The molecule has 0 spiro atoms. The third kappa shape index (κ3) is 3.99. The molecule has 0 aromatic heterocycles. The first-order valence-corrected chi connectivity index (χ1v) is 6.84. The highest BCUT2D eigenvalue weighted by molar-refractivity contribution is 5.67. The molecule has 1 rings (SSSR count). The minimum atomic E-state index is 0.208. The SMILES string of the molecule is C/C(=C\CCCN)c1cc(C(C)(C)C)ccc1C. The number of nitrogens with two attached hydrogens (primary N) is 1. The van der Waals surface area contributed by atoms with Gasteiger partial charge in [-0.3, -0.25) is 0 Å². The molecule has 1 aromatic rings. The number of aryl methyl sites for hydroxylation is 1. The van der Waals surface area contributed by atoms with Crippen molar-refractivity contribution >= 4 is 5.57 Å². The molecule has 0 unspecified atom stereocenters. The molecule has 0 aliphatic carbocycles. The summed E-state index contributed by atoms with van der Waals surface area (Å²) >= 11 is 0. The van der Waals surface area contributed by atoms with E-state index in [2.05, 4.69) is 58.9 Å². The molecular formula is C17H27N. The smallest absolute Gasteiger partial charge is 0.00743 e. The van der Waals surface area contributed by atoms with Crippen LogP contribution in [-0.4, -0.2) is 6.54 Å². The van der Waals surface area contributed by atoms with E-state index < -0.39 is 0 Å². The Morgan fingerprint density at radius 3 is 2.50 bits per heavy atom. The number of rotatable bonds is 4. The van der Waals surface area contributed by atoms with Crippen LogP contribution in [0.5, 0.6) is 0 Å². The zero-order valence-corrected chi connectivity index (χ0v) is 12.5. The molecule has 0 fully saturated rings. The minimum absolute atomic E-state index is 0.208. The number of hydrogen-bond donors (Lipinski definition) is 1. The van der Waals surface area contributed by atoms with Gasteiger partial charge < -0.3 is 5.73 Å². The Bertz CT molecular complexity index is 422. The Morgan fingerprint density at radius 1 is 1.28 bits per heavy atom. The van der Waals surface area contributed by atoms with Crippen LogP contribution in [0.1, 0.15) is 57.2 Å². The lowest BCUT2D eigenvalue weighted by Crippen LogP contribution is -2.11. The second kappa shape index (κ2) is 6.19. The third-order valence-corrected chi connectivity index (χ3v) is 3.39. The number of unbranched alkanes of at least 4 members (excludes halogenated alkanes) is 1. The topological polar surface area (TPSA) is 26.0 Å². The molecule has 2 N–H and O–H groups in total. The predicted molar refractivity (Wildman–Crippen MR) is 81.8 cm³/mol. The molecule has 0 amide bonds. The van der Waals surface area contributed by atoms with E-state index in [1.165, 1.54) is 22.3 Å². The molecular weight excluding hydrogens is 218 g/mol. The summed E-state index contributed by atoms with van der Waals surface area (Å²) < 4.78 is 0. The summed E-state index contributed by atoms with van der Waals surface area (Å²) in [5.74, 6) is 0. The Labute approximate surface area is 112 Å². The van der Waals surface area contributed by atoms with Crippen molar-refractivity contribution in [3.05, 3.63) is 41.0 Å². The summed E-state index contributed by atoms with van der Waals surface area (Å²) in [6.07, 6.45) is 4.44. The molecule has 0 aliphatic rings. The van der Waals surface area contributed by atoms with Gasteiger partial charge in [0.25, 0.3) is 0 Å². The Kier molecular flexibility index (Phi) is 5.15. The van der Waals surface area contributed by atoms with Crippen molar-refractivity contribution in [1.82, 2.24) is 0 Å². The fourth-order valence-corrected chi connectivity index (χ4v) is 2.06. The fraction of sp³-hybridized carbons (Fsp3) is 0.529. The first kappa shape index (κ1) is 15.0. The van der Waals surface area contributed by atoms with Crippen molar-refractivity contribution in [3.63, 3.8) is 0 Å². The maximum atomic E-state index is 5.54. The van der Waals surface area contributed by atoms with Crippen LogP contribution in [0, 0.1) is 6.92 Å². The van der Waals surface area contributed by atoms with Crippen molar-refractivity contribution in [3.8, 4) is 0 Å². The van der Waals surface area contributed by atoms with E-state index in [9.17, 15) is 0 Å². The van der Waals surface area contributed by atoms with E-state index in [4.69, 9.17) is 5.73 Å². The summed E-state index contributed by atoms with van der Waals surface area (Å²) in [6, 6.07) is 6.81. The number of allylic oxidation sites excluding steroid dienone is 2. The largest absolute Gasteiger partial charge is 0.330 e. The van der Waals surface area contributed by atoms with Crippen LogP contribution in [0.3, 0.4) is 0 Å². The average molecular weight is 245 g/mol. The highest BCUT2D eigenvalue weighted by Crippen LogP contribution is 2.27. The predicted octanol–water partition coefficient (Wildman–Crippen LogP) is 4.43. The van der Waals surface area contributed by atoms with Crippen molar-refractivity contribution in [2.45, 2.75) is 52.9 Å². The van der Waals surface area contributed by atoms with Gasteiger partial charge in [-0.2, -0.15) is 0 Å². The highest BCUT2D eigenvalue weighted by atomic mass is 14.5. The molecule has 0 heterocycles. The van der Waals surface area contributed by atoms with E-state index >= 15 is 0 Å². The standard InChI is InChI=1S/C17H27N/c1-13(8-6-7-11-18)16-12-15(17(3,4)5)10-9-14(16)2/h8-10,12H,6-7,11,18H2,1-5H3/b13-8+. The zero-order valence-electron chi connectivity index (χ0n) is 12.5. The van der Waals surface area contributed by atoms with Gasteiger partial charge in [-0.1, -0.05) is 45.0 Å².